The van der Waals surface area contributed by atoms with E-state index in [1.807, 2.05) is 0 Å². The minimum Gasteiger partial charge on any atom is -0.457 e. The molecule has 31 heavy (non-hydrogen) atoms. The van der Waals surface area contributed by atoms with Gasteiger partial charge < -0.3 is 4.74 Å². The van der Waals surface area contributed by atoms with Crippen LogP contribution in [0.15, 0.2) is 36.4 Å². The molecule has 2 aromatic carbocycles. The van der Waals surface area contributed by atoms with Gasteiger partial charge in [-0.2, -0.15) is 0 Å². The minimum atomic E-state index is -0.639. The summed E-state index contributed by atoms with van der Waals surface area (Å²) in [6.45, 7) is 10.8. The molecule has 4 rings (SSSR count). The first-order chi connectivity index (χ1) is 14.3. The summed E-state index contributed by atoms with van der Waals surface area (Å²) in [5.74, 6) is -0.673. The maximum absolute atomic E-state index is 12.8. The fraction of sp³-hybridized carbons (Fsp3) is 0.333. The molecule has 0 unspecified atom stereocenters. The predicted octanol–water partition coefficient (Wildman–Crippen LogP) is 4.27. The van der Waals surface area contributed by atoms with Crippen LogP contribution in [0.25, 0.3) is 0 Å². The van der Waals surface area contributed by atoms with Gasteiger partial charge in [0.05, 0.1) is 22.3 Å². The van der Waals surface area contributed by atoms with Crippen LogP contribution < -0.4 is 4.74 Å². The molecule has 7 heteroatoms. The molecular weight excluding hydrogens is 396 g/mol. The van der Waals surface area contributed by atoms with Crippen LogP contribution in [-0.2, 0) is 0 Å². The molecule has 0 bridgehead atoms. The minimum absolute atomic E-state index is 0.281. The van der Waals surface area contributed by atoms with E-state index in [-0.39, 0.29) is 34.8 Å². The van der Waals surface area contributed by atoms with Gasteiger partial charge in [0.2, 0.25) is 0 Å². The van der Waals surface area contributed by atoms with Crippen molar-refractivity contribution >= 4 is 23.6 Å². The Morgan fingerprint density at radius 3 is 1.19 bits per heavy atom. The molecule has 160 valence electrons. The first-order valence-corrected chi connectivity index (χ1v) is 10.0. The number of benzene rings is 2. The van der Waals surface area contributed by atoms with Gasteiger partial charge in [-0.05, 0) is 77.9 Å². The Morgan fingerprint density at radius 1 is 0.548 bits per heavy atom. The quantitative estimate of drug-likeness (QED) is 0.678. The number of carbonyl (C=O) groups excluding carboxylic acids is 4. The zero-order valence-corrected chi connectivity index (χ0v) is 18.4. The number of hydrogen-bond donors (Lipinski definition) is 0. The first kappa shape index (κ1) is 20.8. The van der Waals surface area contributed by atoms with E-state index in [0.29, 0.717) is 22.6 Å². The number of fused-ring (bicyclic) bond motifs is 2. The Bertz CT molecular complexity index is 1080. The van der Waals surface area contributed by atoms with Crippen molar-refractivity contribution < 1.29 is 23.9 Å². The van der Waals surface area contributed by atoms with Crippen LogP contribution in [-0.4, -0.2) is 44.5 Å². The van der Waals surface area contributed by atoms with Crippen molar-refractivity contribution in [2.75, 3.05) is 0 Å². The highest BCUT2D eigenvalue weighted by molar-refractivity contribution is 6.22. The summed E-state index contributed by atoms with van der Waals surface area (Å²) in [4.78, 5) is 53.3. The van der Waals surface area contributed by atoms with Crippen LogP contribution in [0.5, 0.6) is 11.5 Å². The molecule has 2 aliphatic heterocycles. The number of nitrogens with zero attached hydrogens (tertiary/aromatic N) is 2. The first-order valence-electron chi connectivity index (χ1n) is 10.0. The molecule has 0 fully saturated rings. The van der Waals surface area contributed by atoms with E-state index >= 15 is 0 Å². The lowest BCUT2D eigenvalue weighted by Crippen LogP contribution is -2.45. The van der Waals surface area contributed by atoms with E-state index in [0.717, 1.165) is 0 Å². The fourth-order valence-corrected chi connectivity index (χ4v) is 3.92. The lowest BCUT2D eigenvalue weighted by Gasteiger charge is -2.29. The highest BCUT2D eigenvalue weighted by Crippen LogP contribution is 2.35. The van der Waals surface area contributed by atoms with E-state index in [9.17, 15) is 19.2 Å². The van der Waals surface area contributed by atoms with Crippen LogP contribution in [0.4, 0.5) is 0 Å². The van der Waals surface area contributed by atoms with Gasteiger partial charge in [0, 0.05) is 11.1 Å². The zero-order valence-electron chi connectivity index (χ0n) is 18.4. The Balaban J connectivity index is 1.64. The Labute approximate surface area is 180 Å². The van der Waals surface area contributed by atoms with Gasteiger partial charge in [-0.1, -0.05) is 0 Å². The van der Waals surface area contributed by atoms with Crippen LogP contribution in [0.1, 0.15) is 83.0 Å². The molecule has 0 radical (unpaired) electrons. The molecule has 2 heterocycles. The van der Waals surface area contributed by atoms with Crippen LogP contribution >= 0.6 is 0 Å². The largest absolute Gasteiger partial charge is 0.457 e. The number of rotatable bonds is 2. The maximum Gasteiger partial charge on any atom is 0.262 e. The number of ether oxygens (including phenoxy) is 1. The van der Waals surface area contributed by atoms with E-state index in [1.165, 1.54) is 21.9 Å². The summed E-state index contributed by atoms with van der Waals surface area (Å²) >= 11 is 0. The van der Waals surface area contributed by atoms with Crippen LogP contribution in [0, 0.1) is 0 Å². The van der Waals surface area contributed by atoms with Crippen molar-refractivity contribution in [3.8, 4) is 11.5 Å². The van der Waals surface area contributed by atoms with Crippen molar-refractivity contribution in [3.05, 3.63) is 58.7 Å². The molecule has 0 saturated heterocycles. The second kappa shape index (κ2) is 6.51. The van der Waals surface area contributed by atoms with Crippen LogP contribution in [0.2, 0.25) is 0 Å². The van der Waals surface area contributed by atoms with Crippen molar-refractivity contribution in [1.29, 1.82) is 0 Å². The predicted molar refractivity (Wildman–Crippen MR) is 113 cm³/mol. The summed E-state index contributed by atoms with van der Waals surface area (Å²) in [5.41, 5.74) is -0.0434. The number of amides is 4. The second-order valence-electron chi connectivity index (χ2n) is 9.75. The smallest absolute Gasteiger partial charge is 0.262 e. The molecule has 4 amide bonds. The van der Waals surface area contributed by atoms with E-state index in [1.54, 1.807) is 65.8 Å². The third-order valence-electron chi connectivity index (χ3n) is 5.29. The van der Waals surface area contributed by atoms with Crippen LogP contribution in [0.3, 0.4) is 0 Å². The summed E-state index contributed by atoms with van der Waals surface area (Å²) in [7, 11) is 0. The molecule has 2 aliphatic rings. The highest BCUT2D eigenvalue weighted by Gasteiger charge is 2.43. The van der Waals surface area contributed by atoms with E-state index in [2.05, 4.69) is 0 Å². The molecule has 0 spiro atoms. The molecule has 0 atom stereocenters. The van der Waals surface area contributed by atoms with Gasteiger partial charge in [-0.3, -0.25) is 29.0 Å². The van der Waals surface area contributed by atoms with E-state index in [4.69, 9.17) is 4.74 Å². The standard InChI is InChI=1S/C24H24N2O5/c1-23(2,3)25-19(27)15-9-7-13(11-17(15)21(25)29)31-14-8-10-16-18(12-14)22(30)26(20(16)28)24(4,5)6/h7-12H,1-6H3. The number of hydrogen-bond acceptors (Lipinski definition) is 5. The number of carbonyl (C=O) groups is 4. The van der Waals surface area contributed by atoms with Gasteiger partial charge in [0.1, 0.15) is 11.5 Å². The van der Waals surface area contributed by atoms with Gasteiger partial charge in [-0.15, -0.1) is 0 Å². The average molecular weight is 420 g/mol. The third-order valence-corrected chi connectivity index (χ3v) is 5.29. The maximum atomic E-state index is 12.8. The second-order valence-corrected chi connectivity index (χ2v) is 9.75. The van der Waals surface area contributed by atoms with Gasteiger partial charge in [-0.25, -0.2) is 0 Å². The SMILES string of the molecule is CC(C)(C)N1C(=O)c2ccc(Oc3ccc4c(c3)C(=O)N(C(C)(C)C)C4=O)cc2C1=O. The summed E-state index contributed by atoms with van der Waals surface area (Å²) in [6.07, 6.45) is 0. The van der Waals surface area contributed by atoms with Gasteiger partial charge >= 0.3 is 0 Å². The van der Waals surface area contributed by atoms with E-state index < -0.39 is 11.1 Å². The molecule has 0 aliphatic carbocycles. The highest BCUT2D eigenvalue weighted by atomic mass is 16.5. The van der Waals surface area contributed by atoms with Gasteiger partial charge in [0.15, 0.2) is 0 Å². The molecule has 0 saturated carbocycles. The number of imide groups is 2. The third kappa shape index (κ3) is 3.21. The summed E-state index contributed by atoms with van der Waals surface area (Å²) in [5, 5.41) is 0. The molecule has 2 aromatic rings. The van der Waals surface area contributed by atoms with Crippen molar-refractivity contribution in [2.24, 2.45) is 0 Å². The fourth-order valence-electron chi connectivity index (χ4n) is 3.92. The monoisotopic (exact) mass is 420 g/mol. The Morgan fingerprint density at radius 2 is 0.871 bits per heavy atom. The average Bonchev–Trinajstić information content (AvgIpc) is 3.05. The lowest BCUT2D eigenvalue weighted by molar-refractivity contribution is 0.0489. The summed E-state index contributed by atoms with van der Waals surface area (Å²) < 4.78 is 5.87. The van der Waals surface area contributed by atoms with Crippen molar-refractivity contribution in [3.63, 3.8) is 0 Å². The molecule has 0 N–H and O–H groups in total. The summed E-state index contributed by atoms with van der Waals surface area (Å²) in [6, 6.07) is 9.42. The normalized spacial score (nSPS) is 16.2. The molecular formula is C24H24N2O5. The van der Waals surface area contributed by atoms with Gasteiger partial charge in [0.25, 0.3) is 23.6 Å². The molecule has 0 aromatic heterocycles. The van der Waals surface area contributed by atoms with Crippen molar-refractivity contribution in [2.45, 2.75) is 52.6 Å². The Hall–Kier alpha value is -3.48. The Kier molecular flexibility index (Phi) is 4.36. The van der Waals surface area contributed by atoms with Crippen molar-refractivity contribution in [1.82, 2.24) is 9.80 Å². The zero-order chi connectivity index (χ0) is 22.9. The molecule has 7 nitrogen and oxygen atoms in total. The topological polar surface area (TPSA) is 84.0 Å². The lowest BCUT2D eigenvalue weighted by atomic mass is 10.1.